The number of amides is 1. The molecule has 0 bridgehead atoms. The first kappa shape index (κ1) is 13.8. The number of hydrogen-bond acceptors (Lipinski definition) is 2. The molecule has 0 aliphatic carbocycles. The molecule has 3 nitrogen and oxygen atoms in total. The fourth-order valence-electron chi connectivity index (χ4n) is 1.86. The molecule has 1 N–H and O–H groups in total. The third-order valence-electron chi connectivity index (χ3n) is 3.39. The third kappa shape index (κ3) is 3.11. The third-order valence-corrected chi connectivity index (χ3v) is 3.93. The highest BCUT2D eigenvalue weighted by molar-refractivity contribution is 6.21. The molecule has 3 unspecified atom stereocenters. The second kappa shape index (κ2) is 5.37. The molecule has 1 amide bonds. The van der Waals surface area contributed by atoms with Crippen molar-refractivity contribution in [3.05, 3.63) is 0 Å². The number of ether oxygens (including phenoxy) is 1. The van der Waals surface area contributed by atoms with E-state index in [0.29, 0.717) is 6.61 Å². The van der Waals surface area contributed by atoms with Gasteiger partial charge in [-0.3, -0.25) is 4.79 Å². The van der Waals surface area contributed by atoms with Gasteiger partial charge in [0.15, 0.2) is 0 Å². The summed E-state index contributed by atoms with van der Waals surface area (Å²) in [6.07, 6.45) is 1.77. The summed E-state index contributed by atoms with van der Waals surface area (Å²) in [6.45, 7) is 8.52. The van der Waals surface area contributed by atoms with Crippen LogP contribution in [-0.4, -0.2) is 29.5 Å². The predicted molar refractivity (Wildman–Crippen MR) is 65.7 cm³/mol. The first-order valence-electron chi connectivity index (χ1n) is 5.96. The topological polar surface area (TPSA) is 38.3 Å². The van der Waals surface area contributed by atoms with Crippen LogP contribution in [-0.2, 0) is 9.53 Å². The summed E-state index contributed by atoms with van der Waals surface area (Å²) >= 11 is 6.04. The van der Waals surface area contributed by atoms with Crippen LogP contribution in [0.2, 0.25) is 0 Å². The van der Waals surface area contributed by atoms with E-state index in [9.17, 15) is 4.79 Å². The number of hydrogen-bond donors (Lipinski definition) is 1. The molecule has 1 fully saturated rings. The number of rotatable bonds is 4. The van der Waals surface area contributed by atoms with Gasteiger partial charge in [0.25, 0.3) is 0 Å². The zero-order chi connectivity index (χ0) is 12.3. The molecule has 1 rings (SSSR count). The van der Waals surface area contributed by atoms with E-state index in [0.717, 1.165) is 12.8 Å². The Morgan fingerprint density at radius 3 is 2.75 bits per heavy atom. The Labute approximate surface area is 103 Å². The van der Waals surface area contributed by atoms with E-state index in [1.165, 1.54) is 0 Å². The van der Waals surface area contributed by atoms with Gasteiger partial charge in [-0.1, -0.05) is 6.92 Å². The molecule has 0 aromatic heterocycles. The normalized spacial score (nSPS) is 27.8. The van der Waals surface area contributed by atoms with Gasteiger partial charge >= 0.3 is 0 Å². The van der Waals surface area contributed by atoms with Crippen molar-refractivity contribution in [2.45, 2.75) is 57.6 Å². The molecule has 0 aromatic carbocycles. The summed E-state index contributed by atoms with van der Waals surface area (Å²) in [4.78, 5) is 12.1. The van der Waals surface area contributed by atoms with E-state index in [1.54, 1.807) is 0 Å². The maximum absolute atomic E-state index is 12.1. The molecule has 3 atom stereocenters. The lowest BCUT2D eigenvalue weighted by Gasteiger charge is -2.31. The lowest BCUT2D eigenvalue weighted by molar-refractivity contribution is -0.128. The van der Waals surface area contributed by atoms with Gasteiger partial charge in [-0.2, -0.15) is 0 Å². The van der Waals surface area contributed by atoms with Gasteiger partial charge in [-0.15, -0.1) is 11.6 Å². The molecule has 0 aromatic rings. The van der Waals surface area contributed by atoms with Crippen molar-refractivity contribution in [2.75, 3.05) is 6.61 Å². The van der Waals surface area contributed by atoms with Crippen LogP contribution in [0.15, 0.2) is 0 Å². The molecule has 1 saturated heterocycles. The van der Waals surface area contributed by atoms with Gasteiger partial charge < -0.3 is 10.1 Å². The van der Waals surface area contributed by atoms with Crippen LogP contribution in [0.1, 0.15) is 40.5 Å². The standard InChI is InChI=1S/C12H22ClNO2/c1-5-10-9(6-7-16-10)11(15)14-12(3,4)8(2)13/h8-10H,5-7H2,1-4H3,(H,14,15). The number of alkyl halides is 1. The second-order valence-electron chi connectivity index (χ2n) is 5.04. The zero-order valence-electron chi connectivity index (χ0n) is 10.5. The Morgan fingerprint density at radius 2 is 2.25 bits per heavy atom. The fourth-order valence-corrected chi connectivity index (χ4v) is 1.91. The summed E-state index contributed by atoms with van der Waals surface area (Å²) in [5.74, 6) is 0.0570. The monoisotopic (exact) mass is 247 g/mol. The number of nitrogens with one attached hydrogen (secondary N) is 1. The minimum atomic E-state index is -0.375. The maximum Gasteiger partial charge on any atom is 0.226 e. The molecule has 0 spiro atoms. The van der Waals surface area contributed by atoms with E-state index >= 15 is 0 Å². The van der Waals surface area contributed by atoms with Gasteiger partial charge in [0.2, 0.25) is 5.91 Å². The van der Waals surface area contributed by atoms with Crippen molar-refractivity contribution in [1.82, 2.24) is 5.32 Å². The van der Waals surface area contributed by atoms with Crippen LogP contribution in [0.3, 0.4) is 0 Å². The molecule has 16 heavy (non-hydrogen) atoms. The van der Waals surface area contributed by atoms with Gasteiger partial charge in [0, 0.05) is 6.61 Å². The van der Waals surface area contributed by atoms with Crippen LogP contribution in [0.4, 0.5) is 0 Å². The van der Waals surface area contributed by atoms with Crippen molar-refractivity contribution in [2.24, 2.45) is 5.92 Å². The molecule has 1 aliphatic heterocycles. The van der Waals surface area contributed by atoms with Crippen LogP contribution in [0, 0.1) is 5.92 Å². The smallest absolute Gasteiger partial charge is 0.226 e. The van der Waals surface area contributed by atoms with Crippen molar-refractivity contribution in [3.63, 3.8) is 0 Å². The average Bonchev–Trinajstić information content (AvgIpc) is 2.64. The molecule has 1 aliphatic rings. The highest BCUT2D eigenvalue weighted by Gasteiger charge is 2.36. The lowest BCUT2D eigenvalue weighted by Crippen LogP contribution is -2.52. The number of carbonyl (C=O) groups excluding carboxylic acids is 1. The Bertz CT molecular complexity index is 253. The fraction of sp³-hybridized carbons (Fsp3) is 0.917. The second-order valence-corrected chi connectivity index (χ2v) is 5.69. The molecular weight excluding hydrogens is 226 g/mol. The van der Waals surface area contributed by atoms with Crippen molar-refractivity contribution in [1.29, 1.82) is 0 Å². The largest absolute Gasteiger partial charge is 0.377 e. The Balaban J connectivity index is 2.58. The molecule has 4 heteroatoms. The number of halogens is 1. The van der Waals surface area contributed by atoms with E-state index in [-0.39, 0.29) is 28.8 Å². The average molecular weight is 248 g/mol. The highest BCUT2D eigenvalue weighted by atomic mass is 35.5. The first-order chi connectivity index (χ1) is 7.38. The van der Waals surface area contributed by atoms with Crippen LogP contribution in [0.5, 0.6) is 0 Å². The van der Waals surface area contributed by atoms with Gasteiger partial charge in [0.05, 0.1) is 22.9 Å². The molecule has 94 valence electrons. The van der Waals surface area contributed by atoms with E-state index < -0.39 is 0 Å². The van der Waals surface area contributed by atoms with E-state index in [2.05, 4.69) is 5.32 Å². The van der Waals surface area contributed by atoms with Crippen LogP contribution in [0.25, 0.3) is 0 Å². The van der Waals surface area contributed by atoms with Gasteiger partial charge in [-0.25, -0.2) is 0 Å². The van der Waals surface area contributed by atoms with Crippen LogP contribution < -0.4 is 5.32 Å². The Hall–Kier alpha value is -0.280. The molecule has 0 saturated carbocycles. The minimum Gasteiger partial charge on any atom is -0.377 e. The van der Waals surface area contributed by atoms with E-state index in [1.807, 2.05) is 27.7 Å². The molecule has 1 heterocycles. The SMILES string of the molecule is CCC1OCCC1C(=O)NC(C)(C)C(C)Cl. The summed E-state index contributed by atoms with van der Waals surface area (Å²) < 4.78 is 5.52. The van der Waals surface area contributed by atoms with Gasteiger partial charge in [-0.05, 0) is 33.6 Å². The summed E-state index contributed by atoms with van der Waals surface area (Å²) in [5.41, 5.74) is -0.375. The predicted octanol–water partition coefficient (Wildman–Crippen LogP) is 2.32. The molecular formula is C12H22ClNO2. The quantitative estimate of drug-likeness (QED) is 0.775. The Morgan fingerprint density at radius 1 is 1.62 bits per heavy atom. The van der Waals surface area contributed by atoms with Crippen molar-refractivity contribution < 1.29 is 9.53 Å². The van der Waals surface area contributed by atoms with Gasteiger partial charge in [0.1, 0.15) is 0 Å². The van der Waals surface area contributed by atoms with E-state index in [4.69, 9.17) is 16.3 Å². The summed E-state index contributed by atoms with van der Waals surface area (Å²) in [5, 5.41) is 2.91. The summed E-state index contributed by atoms with van der Waals surface area (Å²) in [6, 6.07) is 0. The minimum absolute atomic E-state index is 0.0142. The van der Waals surface area contributed by atoms with Crippen molar-refractivity contribution >= 4 is 17.5 Å². The number of carbonyl (C=O) groups is 1. The highest BCUT2D eigenvalue weighted by Crippen LogP contribution is 2.25. The maximum atomic E-state index is 12.1. The molecule has 0 radical (unpaired) electrons. The Kier molecular flexibility index (Phi) is 4.62. The first-order valence-corrected chi connectivity index (χ1v) is 6.39. The van der Waals surface area contributed by atoms with Crippen molar-refractivity contribution in [3.8, 4) is 0 Å². The zero-order valence-corrected chi connectivity index (χ0v) is 11.3. The summed E-state index contributed by atoms with van der Waals surface area (Å²) in [7, 11) is 0. The lowest BCUT2D eigenvalue weighted by atomic mass is 9.95. The van der Waals surface area contributed by atoms with Crippen LogP contribution >= 0.6 is 11.6 Å².